The summed E-state index contributed by atoms with van der Waals surface area (Å²) in [5, 5.41) is 90.2. The summed E-state index contributed by atoms with van der Waals surface area (Å²) in [5.74, 6) is 5.56. The van der Waals surface area contributed by atoms with E-state index in [1.165, 1.54) is 18.4 Å². The number of esters is 1. The SMILES string of the molecule is CN[C@@H]1Cc2c(cccc2CO)C#CC2(CCCC2)C[C@]23CC4(CCCC4)[C@H]4[C@@](O)([C@H](O)[C@H]5C[C@H]6[C@H](C=CC[C@@H]6C6CCCC6)C[C@@H]6[C@@H](O)[C@@]7(CC[C@@H]8C[C@@H](c9ccccc9)CC[C@@H]87)C[C@@]4(C=O)[C@@]65O)[C@@]2(O)C[C@@H]2C[C@@H]1[C@H]1OC(=O)C=C1[C@@H]23. The van der Waals surface area contributed by atoms with E-state index in [1.807, 2.05) is 19.2 Å². The molecule has 10 nitrogen and oxygen atoms in total. The smallest absolute Gasteiger partial charge is 0.331 e. The summed E-state index contributed by atoms with van der Waals surface area (Å²) in [6, 6.07) is 16.8. The normalized spacial score (nSPS) is 49.3. The standard InChI is InChI=1S/C73H93NO9/c1-74-59-35-52-45(17-11-19-49(52)38-75)23-29-66(25-7-8-26-66)39-69-40-67(27-9-10-28-67)65-70(42-76)41-68(30-24-48-31-46(21-22-56(48)68)43-13-3-2-4-14-43)63(78)57-33-47-18-12-20-51(44-15-5-6-16-44)53(47)34-58(72(57,70)81)64(79)73(65,82)71(69,80)37-50-32-54(59)62-55(61(50)69)36-60(77)83-62/h2-4,11-14,17-19,36,42,44,46-48,50-51,53-54,56-59,61-65,74-75,78-82H,5-10,15-16,20-22,24-28,30-35,37-41H2,1H3/t46-,47+,48+,50-,51+,53-,54-,56-,57+,58+,59+,61+,62+,63+,64+,65+,68-,69+,70-,71+,72+,73-/m0/s1. The molecule has 1 heterocycles. The number of benzene rings is 2. The maximum absolute atomic E-state index is 16.2. The van der Waals surface area contributed by atoms with Crippen LogP contribution in [0.4, 0.5) is 0 Å². The van der Waals surface area contributed by atoms with Gasteiger partial charge in [0.05, 0.1) is 29.8 Å². The van der Waals surface area contributed by atoms with Crippen molar-refractivity contribution in [3.05, 3.63) is 94.6 Å². The number of aliphatic hydroxyl groups excluding tert-OH is 3. The molecule has 11 saturated carbocycles. The lowest BCUT2D eigenvalue weighted by Gasteiger charge is -2.78. The van der Waals surface area contributed by atoms with Crippen molar-refractivity contribution in [2.45, 2.75) is 221 Å². The summed E-state index contributed by atoms with van der Waals surface area (Å²) in [5.41, 5.74) is -6.04. The molecule has 17 rings (SSSR count). The highest BCUT2D eigenvalue weighted by Crippen LogP contribution is 2.85. The van der Waals surface area contributed by atoms with Gasteiger partial charge in [-0.15, -0.1) is 0 Å². The molecule has 0 unspecified atom stereocenters. The first-order valence-electron chi connectivity index (χ1n) is 33.7. The van der Waals surface area contributed by atoms with Crippen LogP contribution < -0.4 is 5.32 Å². The van der Waals surface area contributed by atoms with Crippen LogP contribution in [0.2, 0.25) is 0 Å². The highest BCUT2D eigenvalue weighted by molar-refractivity contribution is 5.86. The molecule has 11 fully saturated rings. The molecule has 0 aromatic heterocycles. The summed E-state index contributed by atoms with van der Waals surface area (Å²) in [7, 11) is 1.97. The Morgan fingerprint density at radius 3 is 2.27 bits per heavy atom. The van der Waals surface area contributed by atoms with Gasteiger partial charge < -0.3 is 45.5 Å². The minimum atomic E-state index is -2.28. The van der Waals surface area contributed by atoms with Crippen molar-refractivity contribution in [2.75, 3.05) is 7.05 Å². The van der Waals surface area contributed by atoms with Crippen LogP contribution in [0.5, 0.6) is 0 Å². The van der Waals surface area contributed by atoms with E-state index in [9.17, 15) is 20.1 Å². The van der Waals surface area contributed by atoms with Gasteiger partial charge in [0, 0.05) is 57.6 Å². The molecule has 7 N–H and O–H groups in total. The third-order valence-electron chi connectivity index (χ3n) is 29.0. The van der Waals surface area contributed by atoms with Crippen LogP contribution in [0.25, 0.3) is 0 Å². The highest BCUT2D eigenvalue weighted by Gasteiger charge is 2.91. The van der Waals surface area contributed by atoms with E-state index < -0.39 is 79.9 Å². The van der Waals surface area contributed by atoms with E-state index in [0.29, 0.717) is 75.0 Å². The van der Waals surface area contributed by atoms with Crippen molar-refractivity contribution in [3.8, 4) is 11.8 Å². The minimum Gasteiger partial charge on any atom is -0.454 e. The van der Waals surface area contributed by atoms with E-state index in [-0.39, 0.29) is 67.0 Å². The predicted octanol–water partition coefficient (Wildman–Crippen LogP) is 10.2. The van der Waals surface area contributed by atoms with Gasteiger partial charge in [0.15, 0.2) is 0 Å². The van der Waals surface area contributed by atoms with E-state index in [2.05, 4.69) is 65.7 Å². The second-order valence-corrected chi connectivity index (χ2v) is 31.5. The lowest BCUT2D eigenvalue weighted by molar-refractivity contribution is -0.408. The number of aldehydes is 1. The van der Waals surface area contributed by atoms with E-state index in [0.717, 1.165) is 118 Å². The molecule has 1 aliphatic heterocycles. The zero-order valence-electron chi connectivity index (χ0n) is 49.2. The van der Waals surface area contributed by atoms with Crippen molar-refractivity contribution >= 4 is 12.3 Å². The van der Waals surface area contributed by atoms with Crippen molar-refractivity contribution in [2.24, 2.45) is 98.1 Å². The zero-order chi connectivity index (χ0) is 56.7. The Morgan fingerprint density at radius 1 is 0.735 bits per heavy atom. The maximum atomic E-state index is 16.2. The van der Waals surface area contributed by atoms with Crippen LogP contribution >= 0.6 is 0 Å². The largest absolute Gasteiger partial charge is 0.454 e. The summed E-state index contributed by atoms with van der Waals surface area (Å²) in [6.45, 7) is -0.125. The number of carbonyl (C=O) groups excluding carboxylic acids is 2. The van der Waals surface area contributed by atoms with Gasteiger partial charge in [-0.2, -0.15) is 0 Å². The molecule has 14 aliphatic carbocycles. The fourth-order valence-electron chi connectivity index (χ4n) is 26.5. The Labute approximate surface area is 492 Å². The van der Waals surface area contributed by atoms with Crippen LogP contribution in [0, 0.1) is 110 Å². The minimum absolute atomic E-state index is 0.0220. The van der Waals surface area contributed by atoms with Crippen molar-refractivity contribution in [3.63, 3.8) is 0 Å². The molecule has 22 atom stereocenters. The third-order valence-corrected chi connectivity index (χ3v) is 29.0. The second-order valence-electron chi connectivity index (χ2n) is 31.5. The number of carbonyl (C=O) groups is 2. The summed E-state index contributed by atoms with van der Waals surface area (Å²) in [6.07, 6.45) is 24.8. The topological polar surface area (TPSA) is 177 Å². The van der Waals surface area contributed by atoms with Crippen LogP contribution in [-0.4, -0.2) is 91.1 Å². The molecule has 0 radical (unpaired) electrons. The average molecular weight is 1130 g/mol. The van der Waals surface area contributed by atoms with Gasteiger partial charge in [0.2, 0.25) is 0 Å². The van der Waals surface area contributed by atoms with Crippen molar-refractivity contribution in [1.29, 1.82) is 0 Å². The average Bonchev–Trinajstić information content (AvgIpc) is 1.64. The summed E-state index contributed by atoms with van der Waals surface area (Å²) in [4.78, 5) is 30.5. The Morgan fingerprint density at radius 2 is 1.51 bits per heavy atom. The van der Waals surface area contributed by atoms with Crippen LogP contribution in [0.1, 0.15) is 189 Å². The number of hydrogen-bond acceptors (Lipinski definition) is 10. The molecule has 444 valence electrons. The van der Waals surface area contributed by atoms with Crippen molar-refractivity contribution in [1.82, 2.24) is 5.32 Å². The number of allylic oxidation sites excluding steroid dienone is 2. The number of ether oxygens (including phenoxy) is 1. The second kappa shape index (κ2) is 19.2. The van der Waals surface area contributed by atoms with Gasteiger partial charge >= 0.3 is 5.97 Å². The van der Waals surface area contributed by atoms with E-state index in [4.69, 9.17) is 4.74 Å². The number of likely N-dealkylation sites (N-methyl/N-ethyl adjacent to an activating group) is 1. The van der Waals surface area contributed by atoms with Gasteiger partial charge in [0.25, 0.3) is 0 Å². The van der Waals surface area contributed by atoms with Crippen LogP contribution in [0.15, 0.2) is 72.3 Å². The molecule has 83 heavy (non-hydrogen) atoms. The summed E-state index contributed by atoms with van der Waals surface area (Å²) >= 11 is 0. The predicted molar refractivity (Wildman–Crippen MR) is 314 cm³/mol. The van der Waals surface area contributed by atoms with Gasteiger partial charge in [0.1, 0.15) is 23.6 Å². The maximum Gasteiger partial charge on any atom is 0.331 e. The number of fused-ring (bicyclic) bond motifs is 8. The highest BCUT2D eigenvalue weighted by atomic mass is 16.5. The van der Waals surface area contributed by atoms with Crippen LogP contribution in [0.3, 0.4) is 0 Å². The summed E-state index contributed by atoms with van der Waals surface area (Å²) < 4.78 is 6.60. The molecular formula is C73H93NO9. The molecular weight excluding hydrogens is 1030 g/mol. The fourth-order valence-corrected chi connectivity index (χ4v) is 26.5. The Hall–Kier alpha value is -3.66. The van der Waals surface area contributed by atoms with Gasteiger partial charge in [-0.25, -0.2) is 4.79 Å². The fraction of sp³-hybridized carbons (Fsp3) is 0.726. The molecule has 0 amide bonds. The first-order chi connectivity index (χ1) is 40.2. The van der Waals surface area contributed by atoms with Gasteiger partial charge in [-0.3, -0.25) is 0 Å². The molecule has 4 bridgehead atoms. The lowest BCUT2D eigenvalue weighted by atomic mass is 9.28. The van der Waals surface area contributed by atoms with Gasteiger partial charge in [-0.1, -0.05) is 118 Å². The Bertz CT molecular complexity index is 3050. The van der Waals surface area contributed by atoms with Gasteiger partial charge in [-0.05, 0) is 210 Å². The van der Waals surface area contributed by atoms with Crippen molar-refractivity contribution < 1.29 is 45.0 Å². The number of hydrogen-bond donors (Lipinski definition) is 7. The number of rotatable bonds is 5. The van der Waals surface area contributed by atoms with E-state index >= 15 is 20.1 Å². The first-order valence-corrected chi connectivity index (χ1v) is 33.7. The third kappa shape index (κ3) is 7.11. The molecule has 15 aliphatic rings. The molecule has 4 spiro atoms. The molecule has 2 aromatic carbocycles. The van der Waals surface area contributed by atoms with Crippen LogP contribution in [-0.2, 0) is 27.4 Å². The quantitative estimate of drug-likeness (QED) is 0.0660. The van der Waals surface area contributed by atoms with E-state index in [1.54, 1.807) is 6.08 Å². The Kier molecular flexibility index (Phi) is 12.6. The molecule has 2 aromatic rings. The molecule has 10 heteroatoms. The lowest BCUT2D eigenvalue weighted by Crippen LogP contribution is -2.89. The number of nitrogens with one attached hydrogen (secondary N) is 1. The zero-order valence-corrected chi connectivity index (χ0v) is 49.2. The Balaban J connectivity index is 0.933. The first kappa shape index (κ1) is 54.7. The molecule has 0 saturated heterocycles. The monoisotopic (exact) mass is 1130 g/mol. The number of aliphatic hydroxyl groups is 6.